The fourth-order valence-electron chi connectivity index (χ4n) is 6.32. The maximum atomic E-state index is 13.1. The number of fused-ring (bicyclic) bond motifs is 3. The minimum absolute atomic E-state index is 0.00955. The second-order valence-corrected chi connectivity index (χ2v) is 10.6. The van der Waals surface area contributed by atoms with Crippen molar-refractivity contribution in [2.75, 3.05) is 5.32 Å². The van der Waals surface area contributed by atoms with Crippen LogP contribution in [-0.4, -0.2) is 21.6 Å². The van der Waals surface area contributed by atoms with E-state index in [2.05, 4.69) is 52.8 Å². The molecule has 3 atom stereocenters. The third-order valence-corrected chi connectivity index (χ3v) is 8.10. The molecule has 0 unspecified atom stereocenters. The van der Waals surface area contributed by atoms with Gasteiger partial charge in [-0.15, -0.1) is 0 Å². The van der Waals surface area contributed by atoms with Crippen molar-refractivity contribution in [1.82, 2.24) is 4.98 Å². The lowest BCUT2D eigenvalue weighted by atomic mass is 9.56. The molecular formula is C30H34N2O2. The molecule has 1 amide bonds. The molecule has 0 radical (unpaired) electrons. The van der Waals surface area contributed by atoms with Crippen LogP contribution in [0.4, 0.5) is 5.69 Å². The zero-order chi connectivity index (χ0) is 23.8. The van der Waals surface area contributed by atoms with Crippen molar-refractivity contribution < 1.29 is 9.90 Å². The van der Waals surface area contributed by atoms with Gasteiger partial charge in [0.2, 0.25) is 0 Å². The SMILES string of the molecule is Cc1ncccc1NC(=O)c1ccc2c(c1)CCC[C@@H]1C[C@@](C)(O)CC[C@]21Cc1ccccc1. The Bertz CT molecular complexity index is 1190. The van der Waals surface area contributed by atoms with Crippen LogP contribution in [0.3, 0.4) is 0 Å². The van der Waals surface area contributed by atoms with Crippen molar-refractivity contribution in [3.63, 3.8) is 0 Å². The van der Waals surface area contributed by atoms with Gasteiger partial charge in [0.1, 0.15) is 0 Å². The van der Waals surface area contributed by atoms with Crippen LogP contribution in [0.25, 0.3) is 0 Å². The number of aliphatic hydroxyl groups is 1. The first-order valence-corrected chi connectivity index (χ1v) is 12.5. The molecule has 2 N–H and O–H groups in total. The lowest BCUT2D eigenvalue weighted by Crippen LogP contribution is -2.47. The van der Waals surface area contributed by atoms with E-state index in [4.69, 9.17) is 0 Å². The van der Waals surface area contributed by atoms with Gasteiger partial charge in [-0.25, -0.2) is 0 Å². The first-order chi connectivity index (χ1) is 16.4. The Balaban J connectivity index is 1.52. The highest BCUT2D eigenvalue weighted by atomic mass is 16.3. The van der Waals surface area contributed by atoms with Gasteiger partial charge < -0.3 is 10.4 Å². The molecule has 2 aliphatic rings. The third-order valence-electron chi connectivity index (χ3n) is 8.10. The number of rotatable bonds is 4. The molecule has 0 saturated heterocycles. The summed E-state index contributed by atoms with van der Waals surface area (Å²) in [7, 11) is 0. The number of carbonyl (C=O) groups excluding carboxylic acids is 1. The highest BCUT2D eigenvalue weighted by molar-refractivity contribution is 6.04. The van der Waals surface area contributed by atoms with Crippen molar-refractivity contribution >= 4 is 11.6 Å². The van der Waals surface area contributed by atoms with Crippen LogP contribution >= 0.6 is 0 Å². The van der Waals surface area contributed by atoms with Gasteiger partial charge >= 0.3 is 0 Å². The summed E-state index contributed by atoms with van der Waals surface area (Å²) in [6.45, 7) is 3.90. The first kappa shape index (κ1) is 22.8. The topological polar surface area (TPSA) is 62.2 Å². The highest BCUT2D eigenvalue weighted by Crippen LogP contribution is 2.53. The van der Waals surface area contributed by atoms with E-state index in [-0.39, 0.29) is 11.3 Å². The third kappa shape index (κ3) is 4.39. The molecule has 2 aliphatic carbocycles. The number of nitrogens with zero attached hydrogens (tertiary/aromatic N) is 1. The Labute approximate surface area is 202 Å². The lowest BCUT2D eigenvalue weighted by Gasteiger charge is -2.49. The molecule has 1 heterocycles. The molecule has 3 aromatic rings. The van der Waals surface area contributed by atoms with Gasteiger partial charge in [0.25, 0.3) is 5.91 Å². The average molecular weight is 455 g/mol. The molecular weight excluding hydrogens is 420 g/mol. The van der Waals surface area contributed by atoms with Crippen LogP contribution in [0, 0.1) is 12.8 Å². The Morgan fingerprint density at radius 1 is 1.12 bits per heavy atom. The number of hydrogen-bond donors (Lipinski definition) is 2. The standard InChI is InChI=1S/C30H34N2O2/c1-21-27(12-7-17-31-21)32-28(33)24-13-14-26-23(18-24)10-6-11-25-20-29(2,34)15-16-30(25,26)19-22-8-4-3-5-9-22/h3-5,7-9,12-14,17-18,25,34H,6,10-11,15-16,19-20H2,1-2H3,(H,32,33)/t25-,29+,30-/m1/s1. The molecule has 5 rings (SSSR count). The molecule has 4 heteroatoms. The second-order valence-electron chi connectivity index (χ2n) is 10.6. The van der Waals surface area contributed by atoms with E-state index in [9.17, 15) is 9.90 Å². The van der Waals surface area contributed by atoms with Gasteiger partial charge in [-0.05, 0) is 106 Å². The van der Waals surface area contributed by atoms with Crippen LogP contribution in [0.5, 0.6) is 0 Å². The number of benzene rings is 2. The molecule has 1 aromatic heterocycles. The number of hydrogen-bond acceptors (Lipinski definition) is 3. The Morgan fingerprint density at radius 3 is 2.74 bits per heavy atom. The smallest absolute Gasteiger partial charge is 0.255 e. The van der Waals surface area contributed by atoms with Gasteiger partial charge in [0.05, 0.1) is 17.0 Å². The quantitative estimate of drug-likeness (QED) is 0.507. The van der Waals surface area contributed by atoms with Crippen molar-refractivity contribution in [3.8, 4) is 0 Å². The van der Waals surface area contributed by atoms with E-state index in [1.807, 2.05) is 32.0 Å². The highest BCUT2D eigenvalue weighted by Gasteiger charge is 2.49. The number of pyridine rings is 1. The summed E-state index contributed by atoms with van der Waals surface area (Å²) in [5.74, 6) is 0.332. The predicted molar refractivity (Wildman–Crippen MR) is 136 cm³/mol. The summed E-state index contributed by atoms with van der Waals surface area (Å²) >= 11 is 0. The van der Waals surface area contributed by atoms with Crippen molar-refractivity contribution in [3.05, 3.63) is 94.8 Å². The van der Waals surface area contributed by atoms with Crippen molar-refractivity contribution in [2.24, 2.45) is 5.92 Å². The van der Waals surface area contributed by atoms with Crippen molar-refractivity contribution in [2.45, 2.75) is 69.8 Å². The average Bonchev–Trinajstić information content (AvgIpc) is 2.97. The minimum Gasteiger partial charge on any atom is -0.390 e. The number of amides is 1. The minimum atomic E-state index is -0.600. The van der Waals surface area contributed by atoms with Gasteiger partial charge in [0.15, 0.2) is 0 Å². The van der Waals surface area contributed by atoms with E-state index >= 15 is 0 Å². The van der Waals surface area contributed by atoms with Gasteiger partial charge in [-0.3, -0.25) is 9.78 Å². The number of nitrogens with one attached hydrogen (secondary N) is 1. The van der Waals surface area contributed by atoms with Gasteiger partial charge in [-0.1, -0.05) is 36.4 Å². The summed E-state index contributed by atoms with van der Waals surface area (Å²) in [6, 6.07) is 20.8. The monoisotopic (exact) mass is 454 g/mol. The maximum Gasteiger partial charge on any atom is 0.255 e. The summed E-state index contributed by atoms with van der Waals surface area (Å²) in [4.78, 5) is 17.4. The van der Waals surface area contributed by atoms with Crippen LogP contribution in [-0.2, 0) is 18.3 Å². The van der Waals surface area contributed by atoms with Crippen LogP contribution in [0.2, 0.25) is 0 Å². The molecule has 176 valence electrons. The van der Waals surface area contributed by atoms with Crippen LogP contribution in [0.15, 0.2) is 66.9 Å². The molecule has 34 heavy (non-hydrogen) atoms. The molecule has 1 saturated carbocycles. The predicted octanol–water partition coefficient (Wildman–Crippen LogP) is 6.01. The summed E-state index contributed by atoms with van der Waals surface area (Å²) in [5.41, 5.74) is 5.65. The van der Waals surface area contributed by atoms with E-state index in [0.717, 1.165) is 56.3 Å². The molecule has 0 aliphatic heterocycles. The normalized spacial score (nSPS) is 26.1. The van der Waals surface area contributed by atoms with Crippen LogP contribution < -0.4 is 5.32 Å². The Hall–Kier alpha value is -2.98. The second kappa shape index (κ2) is 8.99. The summed E-state index contributed by atoms with van der Waals surface area (Å²) in [5, 5.41) is 14.0. The van der Waals surface area contributed by atoms with Gasteiger partial charge in [0, 0.05) is 17.2 Å². The van der Waals surface area contributed by atoms with Crippen molar-refractivity contribution in [1.29, 1.82) is 0 Å². The first-order valence-electron chi connectivity index (χ1n) is 12.5. The van der Waals surface area contributed by atoms with Crippen LogP contribution in [0.1, 0.15) is 71.8 Å². The Morgan fingerprint density at radius 2 is 1.94 bits per heavy atom. The molecule has 4 nitrogen and oxygen atoms in total. The summed E-state index contributed by atoms with van der Waals surface area (Å²) in [6.07, 6.45) is 8.47. The number of aromatic nitrogens is 1. The molecule has 2 aromatic carbocycles. The number of aryl methyl sites for hydroxylation is 2. The zero-order valence-corrected chi connectivity index (χ0v) is 20.2. The van der Waals surface area contributed by atoms with E-state index < -0.39 is 5.60 Å². The Kier molecular flexibility index (Phi) is 6.03. The largest absolute Gasteiger partial charge is 0.390 e. The van der Waals surface area contributed by atoms with E-state index in [1.54, 1.807) is 6.20 Å². The maximum absolute atomic E-state index is 13.1. The summed E-state index contributed by atoms with van der Waals surface area (Å²) < 4.78 is 0. The number of carbonyl (C=O) groups is 1. The van der Waals surface area contributed by atoms with E-state index in [0.29, 0.717) is 11.5 Å². The molecule has 1 fully saturated rings. The fourth-order valence-corrected chi connectivity index (χ4v) is 6.32. The molecule has 0 bridgehead atoms. The molecule has 0 spiro atoms. The lowest BCUT2D eigenvalue weighted by molar-refractivity contribution is -0.0330. The zero-order valence-electron chi connectivity index (χ0n) is 20.2. The number of anilines is 1. The van der Waals surface area contributed by atoms with E-state index in [1.165, 1.54) is 16.7 Å². The fraction of sp³-hybridized carbons (Fsp3) is 0.400. The van der Waals surface area contributed by atoms with Gasteiger partial charge in [-0.2, -0.15) is 0 Å².